The lowest BCUT2D eigenvalue weighted by Crippen LogP contribution is -2.11. The van der Waals surface area contributed by atoms with Crippen molar-refractivity contribution in [2.75, 3.05) is 9.80 Å². The molecule has 0 bridgehead atoms. The highest BCUT2D eigenvalue weighted by molar-refractivity contribution is 7.25. The molecule has 10 aromatic carbocycles. The first-order valence-electron chi connectivity index (χ1n) is 20.5. The summed E-state index contributed by atoms with van der Waals surface area (Å²) < 4.78 is 8.96. The molecule has 2 aromatic heterocycles. The average molecular weight is 787 g/mol. The van der Waals surface area contributed by atoms with Crippen LogP contribution in [-0.4, -0.2) is 0 Å². The van der Waals surface area contributed by atoms with E-state index in [9.17, 15) is 0 Å². The molecule has 0 radical (unpaired) electrons. The lowest BCUT2D eigenvalue weighted by molar-refractivity contribution is 0.669. The van der Waals surface area contributed by atoms with Crippen molar-refractivity contribution in [2.24, 2.45) is 0 Å². The molecular weight excluding hydrogens is 749 g/mol. The van der Waals surface area contributed by atoms with Gasteiger partial charge in [0, 0.05) is 64.5 Å². The van der Waals surface area contributed by atoms with E-state index in [0.717, 1.165) is 56.1 Å². The van der Waals surface area contributed by atoms with Crippen LogP contribution in [0.4, 0.5) is 34.1 Å². The van der Waals surface area contributed by atoms with Gasteiger partial charge in [0.1, 0.15) is 11.2 Å². The Kier molecular flexibility index (Phi) is 7.84. The van der Waals surface area contributed by atoms with Gasteiger partial charge in [0.2, 0.25) is 0 Å². The standard InChI is InChI=1S/C56H38N2OS/c1-35-21-25-53-47(29-35)48-31-39(23-26-54(48)59-53)57(37-13-5-3-6-14-37)51-33-45-42-18-10-12-20-44(42)52(34-46(45)41-17-9-11-19-43(41)51)58(38-15-7-4-8-16-38)40-24-28-56-50(32-40)49-30-36(2)22-27-55(49)60-56/h3-34H,1-2H3. The first-order chi connectivity index (χ1) is 29.6. The highest BCUT2D eigenvalue weighted by atomic mass is 32.1. The van der Waals surface area contributed by atoms with Crippen LogP contribution >= 0.6 is 11.3 Å². The molecule has 12 aromatic rings. The summed E-state index contributed by atoms with van der Waals surface area (Å²) in [5.74, 6) is 0. The van der Waals surface area contributed by atoms with Gasteiger partial charge < -0.3 is 14.2 Å². The molecule has 4 heteroatoms. The summed E-state index contributed by atoms with van der Waals surface area (Å²) >= 11 is 1.86. The first kappa shape index (κ1) is 34.6. The first-order valence-corrected chi connectivity index (χ1v) is 21.3. The van der Waals surface area contributed by atoms with E-state index in [2.05, 4.69) is 218 Å². The van der Waals surface area contributed by atoms with E-state index in [0.29, 0.717) is 0 Å². The number of benzene rings is 10. The summed E-state index contributed by atoms with van der Waals surface area (Å²) in [6, 6.07) is 71.0. The molecule has 12 rings (SSSR count). The predicted molar refractivity (Wildman–Crippen MR) is 258 cm³/mol. The quantitative estimate of drug-likeness (QED) is 0.157. The molecule has 0 aliphatic carbocycles. The molecular formula is C56H38N2OS. The number of fused-ring (bicyclic) bond motifs is 11. The van der Waals surface area contributed by atoms with Crippen molar-refractivity contribution in [3.8, 4) is 0 Å². The normalized spacial score (nSPS) is 11.8. The summed E-state index contributed by atoms with van der Waals surface area (Å²) in [5, 5.41) is 12.0. The number of rotatable bonds is 6. The Labute approximate surface area is 351 Å². The number of furan rings is 1. The van der Waals surface area contributed by atoms with Crippen molar-refractivity contribution in [3.63, 3.8) is 0 Å². The van der Waals surface area contributed by atoms with E-state index in [-0.39, 0.29) is 0 Å². The van der Waals surface area contributed by atoms with Crippen molar-refractivity contribution < 1.29 is 4.42 Å². The third-order valence-corrected chi connectivity index (χ3v) is 13.2. The number of para-hydroxylation sites is 2. The zero-order valence-corrected chi connectivity index (χ0v) is 34.0. The molecule has 3 nitrogen and oxygen atoms in total. The zero-order valence-electron chi connectivity index (χ0n) is 33.2. The summed E-state index contributed by atoms with van der Waals surface area (Å²) in [6.07, 6.45) is 0. The fourth-order valence-electron chi connectivity index (χ4n) is 9.33. The molecule has 0 aliphatic heterocycles. The Balaban J connectivity index is 1.13. The molecule has 2 heterocycles. The van der Waals surface area contributed by atoms with Crippen molar-refractivity contribution in [3.05, 3.63) is 205 Å². The minimum Gasteiger partial charge on any atom is -0.456 e. The Morgan fingerprint density at radius 3 is 1.32 bits per heavy atom. The van der Waals surface area contributed by atoms with Gasteiger partial charge in [-0.2, -0.15) is 0 Å². The number of nitrogens with zero attached hydrogens (tertiary/aromatic N) is 2. The Bertz CT molecular complexity index is 3400. The van der Waals surface area contributed by atoms with Gasteiger partial charge in [-0.05, 0) is 132 Å². The van der Waals surface area contributed by atoms with E-state index in [1.165, 1.54) is 63.6 Å². The summed E-state index contributed by atoms with van der Waals surface area (Å²) in [5.41, 5.74) is 11.0. The molecule has 284 valence electrons. The van der Waals surface area contributed by atoms with E-state index in [1.54, 1.807) is 0 Å². The smallest absolute Gasteiger partial charge is 0.135 e. The van der Waals surface area contributed by atoms with Crippen molar-refractivity contribution in [2.45, 2.75) is 13.8 Å². The second-order valence-corrected chi connectivity index (χ2v) is 17.0. The number of hydrogen-bond acceptors (Lipinski definition) is 4. The van der Waals surface area contributed by atoms with Gasteiger partial charge in [0.25, 0.3) is 0 Å². The second kappa shape index (κ2) is 13.6. The van der Waals surface area contributed by atoms with Gasteiger partial charge in [-0.25, -0.2) is 0 Å². The maximum atomic E-state index is 6.34. The van der Waals surface area contributed by atoms with Crippen molar-refractivity contribution in [1.29, 1.82) is 0 Å². The number of hydrogen-bond donors (Lipinski definition) is 0. The van der Waals surface area contributed by atoms with E-state index >= 15 is 0 Å². The lowest BCUT2D eigenvalue weighted by Gasteiger charge is -2.30. The van der Waals surface area contributed by atoms with E-state index in [1.807, 2.05) is 11.3 Å². The van der Waals surface area contributed by atoms with Gasteiger partial charge in [0.15, 0.2) is 0 Å². The van der Waals surface area contributed by atoms with Gasteiger partial charge >= 0.3 is 0 Å². The maximum absolute atomic E-state index is 6.34. The minimum atomic E-state index is 0.888. The van der Waals surface area contributed by atoms with Crippen LogP contribution in [0, 0.1) is 13.8 Å². The summed E-state index contributed by atoms with van der Waals surface area (Å²) in [4.78, 5) is 4.86. The lowest BCUT2D eigenvalue weighted by atomic mass is 9.93. The number of aryl methyl sites for hydroxylation is 2. The molecule has 0 N–H and O–H groups in total. The molecule has 0 saturated heterocycles. The molecule has 0 unspecified atom stereocenters. The summed E-state index contributed by atoms with van der Waals surface area (Å²) in [7, 11) is 0. The fraction of sp³-hybridized carbons (Fsp3) is 0.0357. The zero-order chi connectivity index (χ0) is 39.9. The van der Waals surface area contributed by atoms with Crippen LogP contribution in [-0.2, 0) is 0 Å². The Morgan fingerprint density at radius 2 is 0.733 bits per heavy atom. The summed E-state index contributed by atoms with van der Waals surface area (Å²) in [6.45, 7) is 4.32. The van der Waals surface area contributed by atoms with Gasteiger partial charge in [-0.15, -0.1) is 11.3 Å². The van der Waals surface area contributed by atoms with Crippen LogP contribution in [0.3, 0.4) is 0 Å². The topological polar surface area (TPSA) is 19.6 Å². The largest absolute Gasteiger partial charge is 0.456 e. The highest BCUT2D eigenvalue weighted by Crippen LogP contribution is 2.49. The SMILES string of the molecule is Cc1ccc2oc3ccc(N(c4ccccc4)c4cc5c6ccccc6c(N(c6ccccc6)c6ccc7sc8ccc(C)cc8c7c6)cc5c5ccccc45)cc3c2c1. The van der Waals surface area contributed by atoms with Crippen LogP contribution in [0.1, 0.15) is 11.1 Å². The Morgan fingerprint density at radius 1 is 0.317 bits per heavy atom. The van der Waals surface area contributed by atoms with E-state index in [4.69, 9.17) is 4.42 Å². The van der Waals surface area contributed by atoms with Gasteiger partial charge in [-0.1, -0.05) is 108 Å². The van der Waals surface area contributed by atoms with Crippen LogP contribution in [0.25, 0.3) is 74.4 Å². The highest BCUT2D eigenvalue weighted by Gasteiger charge is 2.23. The molecule has 0 aliphatic rings. The van der Waals surface area contributed by atoms with Gasteiger partial charge in [-0.3, -0.25) is 0 Å². The monoisotopic (exact) mass is 786 g/mol. The Hall–Kier alpha value is -7.40. The van der Waals surface area contributed by atoms with Crippen LogP contribution in [0.15, 0.2) is 199 Å². The third kappa shape index (κ3) is 5.49. The molecule has 0 spiro atoms. The second-order valence-electron chi connectivity index (χ2n) is 15.9. The molecule has 0 fully saturated rings. The van der Waals surface area contributed by atoms with E-state index < -0.39 is 0 Å². The van der Waals surface area contributed by atoms with Crippen molar-refractivity contribution in [1.82, 2.24) is 0 Å². The maximum Gasteiger partial charge on any atom is 0.135 e. The average Bonchev–Trinajstić information content (AvgIpc) is 3.84. The van der Waals surface area contributed by atoms with Crippen molar-refractivity contribution >= 4 is 120 Å². The van der Waals surface area contributed by atoms with Crippen LogP contribution in [0.5, 0.6) is 0 Å². The molecule has 0 amide bonds. The number of thiophene rings is 1. The number of anilines is 6. The third-order valence-electron chi connectivity index (χ3n) is 12.1. The minimum absolute atomic E-state index is 0.888. The molecule has 0 atom stereocenters. The molecule has 0 saturated carbocycles. The predicted octanol–water partition coefficient (Wildman–Crippen LogP) is 17.0. The van der Waals surface area contributed by atoms with Crippen LogP contribution in [0.2, 0.25) is 0 Å². The molecule has 60 heavy (non-hydrogen) atoms. The van der Waals surface area contributed by atoms with Gasteiger partial charge in [0.05, 0.1) is 11.4 Å². The van der Waals surface area contributed by atoms with Crippen LogP contribution < -0.4 is 9.80 Å². The fourth-order valence-corrected chi connectivity index (χ4v) is 10.4.